The van der Waals surface area contributed by atoms with E-state index in [-0.39, 0.29) is 29.7 Å². The van der Waals surface area contributed by atoms with Crippen LogP contribution < -0.4 is 4.74 Å². The molecule has 2 bridgehead atoms. The van der Waals surface area contributed by atoms with Crippen molar-refractivity contribution in [2.45, 2.75) is 62.3 Å². The van der Waals surface area contributed by atoms with E-state index in [9.17, 15) is 15.0 Å². The number of benzene rings is 2. The Hall–Kier alpha value is -3.09. The smallest absolute Gasteiger partial charge is 0.246 e. The quantitative estimate of drug-likeness (QED) is 0.482. The van der Waals surface area contributed by atoms with Crippen LogP contribution in [0.1, 0.15) is 42.0 Å². The second kappa shape index (κ2) is 8.47. The summed E-state index contributed by atoms with van der Waals surface area (Å²) < 4.78 is 6.64. The van der Waals surface area contributed by atoms with E-state index in [1.807, 2.05) is 56.5 Å². The highest BCUT2D eigenvalue weighted by Gasteiger charge is 2.74. The number of piperidine rings is 1. The fraction of sp³-hybridized carbons (Fsp3) is 0.452. The molecule has 1 saturated heterocycles. The number of hydrogen-bond acceptors (Lipinski definition) is 5. The molecule has 0 aromatic heterocycles. The summed E-state index contributed by atoms with van der Waals surface area (Å²) in [5.74, 6) is 0.498. The number of aliphatic hydroxyl groups is 1. The number of carbonyl (C=O) groups excluding carboxylic acids is 1. The Morgan fingerprint density at radius 3 is 2.89 bits per heavy atom. The molecule has 6 nitrogen and oxygen atoms in total. The number of aromatic hydroxyl groups is 1. The molecule has 6 rings (SSSR count). The molecular weight excluding hydrogens is 464 g/mol. The average molecular weight is 501 g/mol. The number of likely N-dealkylation sites (tertiary alicyclic amines) is 1. The van der Waals surface area contributed by atoms with Crippen LogP contribution in [0, 0.1) is 12.8 Å². The highest BCUT2D eigenvalue weighted by Crippen LogP contribution is 2.66. The van der Waals surface area contributed by atoms with Crippen LogP contribution in [-0.2, 0) is 16.6 Å². The number of aryl methyl sites for hydroxylation is 1. The second-order valence-corrected chi connectivity index (χ2v) is 11.5. The van der Waals surface area contributed by atoms with Crippen LogP contribution in [0.4, 0.5) is 0 Å². The van der Waals surface area contributed by atoms with E-state index in [1.54, 1.807) is 17.0 Å². The number of phenolic OH excluding ortho intramolecular Hbond substituents is 1. The van der Waals surface area contributed by atoms with Crippen LogP contribution in [0.15, 0.2) is 55.1 Å². The summed E-state index contributed by atoms with van der Waals surface area (Å²) in [5, 5.41) is 23.5. The van der Waals surface area contributed by atoms with Gasteiger partial charge in [-0.05, 0) is 61.9 Å². The lowest BCUT2D eigenvalue weighted by Gasteiger charge is -2.65. The Morgan fingerprint density at radius 1 is 1.32 bits per heavy atom. The zero-order chi connectivity index (χ0) is 26.1. The maximum Gasteiger partial charge on any atom is 0.246 e. The van der Waals surface area contributed by atoms with Crippen LogP contribution in [-0.4, -0.2) is 69.8 Å². The monoisotopic (exact) mass is 500 g/mol. The van der Waals surface area contributed by atoms with E-state index in [1.165, 1.54) is 0 Å². The van der Waals surface area contributed by atoms with E-state index >= 15 is 0 Å². The zero-order valence-corrected chi connectivity index (χ0v) is 21.9. The van der Waals surface area contributed by atoms with Crippen molar-refractivity contribution in [3.8, 4) is 11.5 Å². The largest absolute Gasteiger partial charge is 0.504 e. The van der Waals surface area contributed by atoms with E-state index in [2.05, 4.69) is 18.4 Å². The van der Waals surface area contributed by atoms with Crippen molar-refractivity contribution in [2.24, 2.45) is 5.92 Å². The summed E-state index contributed by atoms with van der Waals surface area (Å²) in [4.78, 5) is 17.6. The molecule has 194 valence electrons. The number of carbonyl (C=O) groups is 1. The molecule has 2 aromatic rings. The third kappa shape index (κ3) is 3.28. The topological polar surface area (TPSA) is 73.2 Å². The number of nitrogens with zero attached hydrogens (tertiary/aromatic N) is 2. The number of rotatable bonds is 5. The van der Waals surface area contributed by atoms with Gasteiger partial charge < -0.3 is 19.8 Å². The van der Waals surface area contributed by atoms with Crippen molar-refractivity contribution >= 4 is 12.0 Å². The summed E-state index contributed by atoms with van der Waals surface area (Å²) in [6.07, 6.45) is 6.90. The summed E-state index contributed by atoms with van der Waals surface area (Å²) in [6.45, 7) is 9.61. The van der Waals surface area contributed by atoms with Gasteiger partial charge >= 0.3 is 0 Å². The predicted octanol–water partition coefficient (Wildman–Crippen LogP) is 3.83. The summed E-state index contributed by atoms with van der Waals surface area (Å²) in [5.41, 5.74) is 2.51. The second-order valence-electron chi connectivity index (χ2n) is 11.5. The van der Waals surface area contributed by atoms with Gasteiger partial charge in [-0.2, -0.15) is 0 Å². The normalized spacial score (nSPS) is 33.6. The molecular formula is C31H36N2O4. The van der Waals surface area contributed by atoms with Gasteiger partial charge in [0.05, 0.1) is 17.1 Å². The average Bonchev–Trinajstić information content (AvgIpc) is 3.20. The third-order valence-electron chi connectivity index (χ3n) is 9.52. The van der Waals surface area contributed by atoms with E-state index in [0.29, 0.717) is 25.0 Å². The van der Waals surface area contributed by atoms with Gasteiger partial charge in [0, 0.05) is 31.3 Å². The van der Waals surface area contributed by atoms with Crippen molar-refractivity contribution < 1.29 is 19.7 Å². The first-order valence-electron chi connectivity index (χ1n) is 13.3. The van der Waals surface area contributed by atoms with E-state index in [0.717, 1.165) is 35.3 Å². The van der Waals surface area contributed by atoms with Crippen LogP contribution in [0.25, 0.3) is 6.08 Å². The Bertz CT molecular complexity index is 1300. The summed E-state index contributed by atoms with van der Waals surface area (Å²) >= 11 is 0. The number of amides is 1. The maximum atomic E-state index is 13.5. The van der Waals surface area contributed by atoms with E-state index < -0.39 is 17.1 Å². The first-order valence-corrected chi connectivity index (χ1v) is 13.3. The lowest BCUT2D eigenvalue weighted by atomic mass is 9.46. The number of ether oxygens (including phenoxy) is 1. The molecule has 1 spiro atoms. The van der Waals surface area contributed by atoms with Crippen molar-refractivity contribution in [1.29, 1.82) is 0 Å². The van der Waals surface area contributed by atoms with Crippen molar-refractivity contribution in [2.75, 3.05) is 20.1 Å². The van der Waals surface area contributed by atoms with Crippen molar-refractivity contribution in [3.63, 3.8) is 0 Å². The molecule has 2 aromatic carbocycles. The third-order valence-corrected chi connectivity index (χ3v) is 9.52. The Balaban J connectivity index is 1.41. The first-order chi connectivity index (χ1) is 17.7. The van der Waals surface area contributed by atoms with Gasteiger partial charge in [0.1, 0.15) is 6.10 Å². The fourth-order valence-electron chi connectivity index (χ4n) is 8.05. The summed E-state index contributed by atoms with van der Waals surface area (Å²) in [7, 11) is 1.84. The van der Waals surface area contributed by atoms with Gasteiger partial charge in [0.15, 0.2) is 11.5 Å². The van der Waals surface area contributed by atoms with Crippen molar-refractivity contribution in [1.82, 2.24) is 9.80 Å². The molecule has 37 heavy (non-hydrogen) atoms. The predicted molar refractivity (Wildman–Crippen MR) is 144 cm³/mol. The highest BCUT2D eigenvalue weighted by molar-refractivity contribution is 5.92. The maximum absolute atomic E-state index is 13.5. The van der Waals surface area contributed by atoms with Crippen LogP contribution >= 0.6 is 0 Å². The van der Waals surface area contributed by atoms with Gasteiger partial charge in [-0.15, -0.1) is 6.58 Å². The zero-order valence-electron chi connectivity index (χ0n) is 21.9. The van der Waals surface area contributed by atoms with Crippen LogP contribution in [0.2, 0.25) is 0 Å². The van der Waals surface area contributed by atoms with Crippen LogP contribution in [0.3, 0.4) is 0 Å². The minimum absolute atomic E-state index is 0.00590. The fourth-order valence-corrected chi connectivity index (χ4v) is 8.05. The Kier molecular flexibility index (Phi) is 5.55. The molecule has 4 aliphatic rings. The van der Waals surface area contributed by atoms with Gasteiger partial charge in [0.25, 0.3) is 0 Å². The summed E-state index contributed by atoms with van der Waals surface area (Å²) in [6, 6.07) is 11.4. The number of hydrogen-bond donors (Lipinski definition) is 2. The molecule has 0 radical (unpaired) electrons. The molecule has 2 N–H and O–H groups in total. The van der Waals surface area contributed by atoms with Gasteiger partial charge in [-0.25, -0.2) is 0 Å². The molecule has 0 unspecified atom stereocenters. The van der Waals surface area contributed by atoms with Crippen molar-refractivity contribution in [3.05, 3.63) is 77.4 Å². The standard InChI is InChI=1S/C31H36N2O4/c1-5-14-33-15-13-30-26-22-10-11-23(34)28(26)37-29(30)27(20(3)18-31(30,36)24(33)17-22)32(4)25(35)12-9-21-8-6-7-19(2)16-21/h5-12,16,20,24,27,29,34,36H,1,13-15,17-18H2,2-4H3/t20-,24-,27-,29+,30+,31-/m1/s1. The highest BCUT2D eigenvalue weighted by atomic mass is 16.5. The number of phenols is 1. The number of likely N-dealkylation sites (N-methyl/N-ethyl adjacent to an activating group) is 1. The molecule has 6 heteroatoms. The molecule has 2 aliphatic heterocycles. The lowest BCUT2D eigenvalue weighted by molar-refractivity contribution is -0.210. The minimum Gasteiger partial charge on any atom is -0.504 e. The Morgan fingerprint density at radius 2 is 2.14 bits per heavy atom. The molecule has 2 fully saturated rings. The van der Waals surface area contributed by atoms with Gasteiger partial charge in [-0.1, -0.05) is 48.9 Å². The molecule has 1 amide bonds. The SMILES string of the molecule is C=CCN1CC[C@]23c4c5ccc(O)c4O[C@H]2[C@H](N(C)C(=O)C=Cc2cccc(C)c2)[C@H](C)C[C@@]3(O)[C@H]1C5. The first kappa shape index (κ1) is 24.3. The molecule has 6 atom stereocenters. The van der Waals surface area contributed by atoms with Gasteiger partial charge in [0.2, 0.25) is 5.91 Å². The lowest BCUT2D eigenvalue weighted by Crippen LogP contribution is -2.79. The van der Waals surface area contributed by atoms with Crippen LogP contribution in [0.5, 0.6) is 11.5 Å². The minimum atomic E-state index is -1.03. The molecule has 1 saturated carbocycles. The molecule has 2 heterocycles. The Labute approximate surface area is 218 Å². The van der Waals surface area contributed by atoms with Gasteiger partial charge in [-0.3, -0.25) is 9.69 Å². The van der Waals surface area contributed by atoms with E-state index in [4.69, 9.17) is 4.74 Å². The molecule has 2 aliphatic carbocycles.